The molecule has 0 spiro atoms. The maximum Gasteiger partial charge on any atom is 0.343 e. The van der Waals surface area contributed by atoms with Crippen molar-refractivity contribution in [2.24, 2.45) is 5.10 Å². The lowest BCUT2D eigenvalue weighted by molar-refractivity contribution is -0.123. The van der Waals surface area contributed by atoms with Gasteiger partial charge in [0.2, 0.25) is 0 Å². The van der Waals surface area contributed by atoms with Gasteiger partial charge in [0.1, 0.15) is 17.2 Å². The van der Waals surface area contributed by atoms with E-state index in [1.807, 2.05) is 0 Å². The van der Waals surface area contributed by atoms with Crippen molar-refractivity contribution < 1.29 is 23.8 Å². The molecule has 1 N–H and O–H groups in total. The van der Waals surface area contributed by atoms with Crippen LogP contribution in [-0.2, 0) is 4.79 Å². The van der Waals surface area contributed by atoms with Crippen molar-refractivity contribution in [1.29, 1.82) is 0 Å². The monoisotopic (exact) mass is 480 g/mol. The number of hydrogen-bond donors (Lipinski definition) is 1. The first-order chi connectivity index (χ1) is 16.5. The van der Waals surface area contributed by atoms with Crippen LogP contribution in [0.15, 0.2) is 77.9 Å². The second kappa shape index (κ2) is 13.0. The molecule has 0 fully saturated rings. The van der Waals surface area contributed by atoms with Gasteiger partial charge < -0.3 is 14.2 Å². The summed E-state index contributed by atoms with van der Waals surface area (Å²) < 4.78 is 16.3. The highest BCUT2D eigenvalue weighted by atomic mass is 35.5. The van der Waals surface area contributed by atoms with E-state index < -0.39 is 11.9 Å². The third-order valence-corrected chi connectivity index (χ3v) is 4.75. The van der Waals surface area contributed by atoms with E-state index in [9.17, 15) is 9.59 Å². The SMILES string of the molecule is CCCCOc1ccc(C(=O)Oc2ccc(/C=N/NC(=O)COc3cccc(Cl)c3)cc2)cc1. The van der Waals surface area contributed by atoms with E-state index in [4.69, 9.17) is 25.8 Å². The number of halogens is 1. The molecule has 0 saturated heterocycles. The molecule has 3 aromatic carbocycles. The van der Waals surface area contributed by atoms with Gasteiger partial charge in [-0.25, -0.2) is 10.2 Å². The molecule has 0 aliphatic heterocycles. The minimum atomic E-state index is -0.464. The maximum atomic E-state index is 12.3. The summed E-state index contributed by atoms with van der Waals surface area (Å²) in [7, 11) is 0. The second-order valence-corrected chi connectivity index (χ2v) is 7.66. The minimum absolute atomic E-state index is 0.196. The Morgan fingerprint density at radius 1 is 0.941 bits per heavy atom. The van der Waals surface area contributed by atoms with Crippen LogP contribution in [0.2, 0.25) is 5.02 Å². The predicted octanol–water partition coefficient (Wildman–Crippen LogP) is 5.27. The molecule has 0 heterocycles. The lowest BCUT2D eigenvalue weighted by Crippen LogP contribution is -2.24. The van der Waals surface area contributed by atoms with Gasteiger partial charge in [-0.05, 0) is 78.7 Å². The number of rotatable bonds is 11. The van der Waals surface area contributed by atoms with E-state index in [0.717, 1.165) is 18.6 Å². The number of carbonyl (C=O) groups is 2. The summed E-state index contributed by atoms with van der Waals surface area (Å²) in [6.07, 6.45) is 3.51. The third-order valence-electron chi connectivity index (χ3n) is 4.52. The Hall–Kier alpha value is -3.84. The van der Waals surface area contributed by atoms with E-state index in [1.54, 1.807) is 72.8 Å². The van der Waals surface area contributed by atoms with Crippen LogP contribution < -0.4 is 19.6 Å². The van der Waals surface area contributed by atoms with Crippen molar-refractivity contribution in [3.63, 3.8) is 0 Å². The average Bonchev–Trinajstić information content (AvgIpc) is 2.84. The first-order valence-corrected chi connectivity index (χ1v) is 11.2. The molecule has 0 saturated carbocycles. The number of nitrogens with one attached hydrogen (secondary N) is 1. The van der Waals surface area contributed by atoms with Crippen molar-refractivity contribution >= 4 is 29.7 Å². The Labute approximate surface area is 203 Å². The zero-order chi connectivity index (χ0) is 24.2. The number of carbonyl (C=O) groups excluding carboxylic acids is 2. The zero-order valence-electron chi connectivity index (χ0n) is 18.7. The molecule has 0 unspecified atom stereocenters. The lowest BCUT2D eigenvalue weighted by atomic mass is 10.2. The normalized spacial score (nSPS) is 10.6. The van der Waals surface area contributed by atoms with Gasteiger partial charge in [0.15, 0.2) is 6.61 Å². The van der Waals surface area contributed by atoms with Crippen LogP contribution in [-0.4, -0.2) is 31.3 Å². The van der Waals surface area contributed by atoms with Crippen LogP contribution in [0, 0.1) is 0 Å². The number of amides is 1. The molecule has 0 radical (unpaired) electrons. The highest BCUT2D eigenvalue weighted by Crippen LogP contribution is 2.18. The molecule has 0 bridgehead atoms. The van der Waals surface area contributed by atoms with Gasteiger partial charge in [-0.3, -0.25) is 4.79 Å². The molecule has 0 aliphatic rings. The molecule has 7 nitrogen and oxygen atoms in total. The second-order valence-electron chi connectivity index (χ2n) is 7.22. The van der Waals surface area contributed by atoms with Crippen molar-refractivity contribution in [1.82, 2.24) is 5.43 Å². The Kier molecular flexibility index (Phi) is 9.49. The van der Waals surface area contributed by atoms with Crippen LogP contribution in [0.25, 0.3) is 0 Å². The molecule has 34 heavy (non-hydrogen) atoms. The molecule has 176 valence electrons. The topological polar surface area (TPSA) is 86.2 Å². The number of nitrogens with zero attached hydrogens (tertiary/aromatic N) is 1. The Balaban J connectivity index is 1.43. The molecule has 3 aromatic rings. The summed E-state index contributed by atoms with van der Waals surface area (Å²) in [4.78, 5) is 24.2. The minimum Gasteiger partial charge on any atom is -0.494 e. The van der Waals surface area contributed by atoms with Gasteiger partial charge in [0.25, 0.3) is 5.91 Å². The van der Waals surface area contributed by atoms with Gasteiger partial charge in [-0.2, -0.15) is 5.10 Å². The Bertz CT molecular complexity index is 1110. The molecule has 8 heteroatoms. The van der Waals surface area contributed by atoms with Crippen molar-refractivity contribution in [3.8, 4) is 17.2 Å². The molecule has 0 atom stereocenters. The fourth-order valence-corrected chi connectivity index (χ4v) is 2.91. The number of hydrazone groups is 1. The maximum absolute atomic E-state index is 12.3. The van der Waals surface area contributed by atoms with Crippen molar-refractivity contribution in [3.05, 3.63) is 88.9 Å². The lowest BCUT2D eigenvalue weighted by Gasteiger charge is -2.07. The van der Waals surface area contributed by atoms with E-state index in [2.05, 4.69) is 17.5 Å². The van der Waals surface area contributed by atoms with Crippen molar-refractivity contribution in [2.45, 2.75) is 19.8 Å². The summed E-state index contributed by atoms with van der Waals surface area (Å²) in [6.45, 7) is 2.55. The van der Waals surface area contributed by atoms with Gasteiger partial charge in [-0.15, -0.1) is 0 Å². The van der Waals surface area contributed by atoms with Gasteiger partial charge in [-0.1, -0.05) is 31.0 Å². The van der Waals surface area contributed by atoms with Crippen LogP contribution in [0.3, 0.4) is 0 Å². The first kappa shape index (κ1) is 24.8. The summed E-state index contributed by atoms with van der Waals surface area (Å²) >= 11 is 5.87. The van der Waals surface area contributed by atoms with Crippen LogP contribution in [0.4, 0.5) is 0 Å². The molecule has 3 rings (SSSR count). The largest absolute Gasteiger partial charge is 0.494 e. The first-order valence-electron chi connectivity index (χ1n) is 10.8. The van der Waals surface area contributed by atoms with E-state index >= 15 is 0 Å². The molecule has 1 amide bonds. The van der Waals surface area contributed by atoms with E-state index in [0.29, 0.717) is 34.3 Å². The van der Waals surface area contributed by atoms with Gasteiger partial charge in [0, 0.05) is 5.02 Å². The molecule has 0 aromatic heterocycles. The fraction of sp³-hybridized carbons (Fsp3) is 0.192. The standard InChI is InChI=1S/C26H25ClN2O5/c1-2-3-15-32-22-13-9-20(10-14-22)26(31)34-23-11-7-19(8-12-23)17-28-29-25(30)18-33-24-6-4-5-21(27)16-24/h4-14,16-17H,2-3,15,18H2,1H3,(H,29,30)/b28-17+. The summed E-state index contributed by atoms with van der Waals surface area (Å²) in [6, 6.07) is 20.3. The smallest absolute Gasteiger partial charge is 0.343 e. The summed E-state index contributed by atoms with van der Waals surface area (Å²) in [5.74, 6) is 0.728. The number of esters is 1. The molecular weight excluding hydrogens is 456 g/mol. The highest BCUT2D eigenvalue weighted by molar-refractivity contribution is 6.30. The Morgan fingerprint density at radius 3 is 2.38 bits per heavy atom. The number of hydrogen-bond acceptors (Lipinski definition) is 6. The fourth-order valence-electron chi connectivity index (χ4n) is 2.73. The van der Waals surface area contributed by atoms with Gasteiger partial charge in [0.05, 0.1) is 18.4 Å². The highest BCUT2D eigenvalue weighted by Gasteiger charge is 2.09. The third kappa shape index (κ3) is 8.26. The zero-order valence-corrected chi connectivity index (χ0v) is 19.5. The number of benzene rings is 3. The van der Waals surface area contributed by atoms with Crippen LogP contribution in [0.5, 0.6) is 17.2 Å². The molecule has 0 aliphatic carbocycles. The van der Waals surface area contributed by atoms with Gasteiger partial charge >= 0.3 is 5.97 Å². The summed E-state index contributed by atoms with van der Waals surface area (Å²) in [5, 5.41) is 4.42. The predicted molar refractivity (Wildman–Crippen MR) is 131 cm³/mol. The molecular formula is C26H25ClN2O5. The number of ether oxygens (including phenoxy) is 3. The average molecular weight is 481 g/mol. The van der Waals surface area contributed by atoms with E-state index in [-0.39, 0.29) is 6.61 Å². The Morgan fingerprint density at radius 2 is 1.68 bits per heavy atom. The van der Waals surface area contributed by atoms with E-state index in [1.165, 1.54) is 6.21 Å². The summed E-state index contributed by atoms with van der Waals surface area (Å²) in [5.41, 5.74) is 3.52. The number of unbranched alkanes of at least 4 members (excludes halogenated alkanes) is 1. The van der Waals surface area contributed by atoms with Crippen LogP contribution >= 0.6 is 11.6 Å². The van der Waals surface area contributed by atoms with Crippen LogP contribution in [0.1, 0.15) is 35.7 Å². The van der Waals surface area contributed by atoms with Crippen molar-refractivity contribution in [2.75, 3.05) is 13.2 Å². The quantitative estimate of drug-likeness (QED) is 0.133.